The van der Waals surface area contributed by atoms with Gasteiger partial charge in [-0.2, -0.15) is 4.98 Å². The molecule has 1 unspecified atom stereocenters. The van der Waals surface area contributed by atoms with Crippen molar-refractivity contribution in [3.05, 3.63) is 18.0 Å². The molecular formula is C12H17N5O2. The van der Waals surface area contributed by atoms with Crippen LogP contribution in [-0.4, -0.2) is 34.0 Å². The molecule has 0 fully saturated rings. The first-order valence-corrected chi connectivity index (χ1v) is 6.19. The Bertz CT molecular complexity index is 511. The van der Waals surface area contributed by atoms with Gasteiger partial charge in [-0.05, 0) is 26.0 Å². The second-order valence-corrected chi connectivity index (χ2v) is 4.09. The van der Waals surface area contributed by atoms with Crippen LogP contribution in [0.4, 0.5) is 0 Å². The summed E-state index contributed by atoms with van der Waals surface area (Å²) in [6.45, 7) is 4.99. The van der Waals surface area contributed by atoms with Crippen molar-refractivity contribution in [2.75, 3.05) is 13.7 Å². The van der Waals surface area contributed by atoms with Crippen molar-refractivity contribution in [1.82, 2.24) is 25.7 Å². The maximum absolute atomic E-state index is 5.21. The molecule has 0 spiro atoms. The third-order valence-corrected chi connectivity index (χ3v) is 2.59. The fraction of sp³-hybridized carbons (Fsp3) is 0.500. The molecule has 0 bridgehead atoms. The number of nitrogens with one attached hydrogen (secondary N) is 1. The van der Waals surface area contributed by atoms with Crippen molar-refractivity contribution >= 4 is 0 Å². The van der Waals surface area contributed by atoms with Crippen LogP contribution in [0.25, 0.3) is 11.5 Å². The minimum atomic E-state index is 0.0207. The molecule has 0 amide bonds. The van der Waals surface area contributed by atoms with Gasteiger partial charge in [0.05, 0.1) is 13.2 Å². The summed E-state index contributed by atoms with van der Waals surface area (Å²) in [5.74, 6) is 1.42. The van der Waals surface area contributed by atoms with Crippen molar-refractivity contribution in [3.8, 4) is 17.4 Å². The van der Waals surface area contributed by atoms with Crippen LogP contribution in [0.1, 0.15) is 32.2 Å². The lowest BCUT2D eigenvalue weighted by molar-refractivity contribution is 0.340. The molecule has 2 heterocycles. The summed E-state index contributed by atoms with van der Waals surface area (Å²) in [4.78, 5) is 4.31. The molecule has 0 aliphatic heterocycles. The Kier molecular flexibility index (Phi) is 4.40. The van der Waals surface area contributed by atoms with Gasteiger partial charge in [-0.15, -0.1) is 10.2 Å². The number of rotatable bonds is 6. The Morgan fingerprint density at radius 2 is 2.21 bits per heavy atom. The van der Waals surface area contributed by atoms with E-state index in [9.17, 15) is 0 Å². The van der Waals surface area contributed by atoms with E-state index in [0.717, 1.165) is 13.0 Å². The summed E-state index contributed by atoms with van der Waals surface area (Å²) in [5, 5.41) is 15.0. The van der Waals surface area contributed by atoms with Crippen LogP contribution < -0.4 is 10.1 Å². The van der Waals surface area contributed by atoms with Crippen LogP contribution in [0, 0.1) is 0 Å². The number of hydrogen-bond acceptors (Lipinski definition) is 7. The van der Waals surface area contributed by atoms with Gasteiger partial charge in [0.25, 0.3) is 0 Å². The van der Waals surface area contributed by atoms with Crippen LogP contribution in [0.15, 0.2) is 16.7 Å². The average molecular weight is 263 g/mol. The SMILES string of the molecule is CCCNC(C)c1nc(-c2ccc(OC)nn2)no1. The number of hydrogen-bond donors (Lipinski definition) is 1. The average Bonchev–Trinajstić information content (AvgIpc) is 2.94. The summed E-state index contributed by atoms with van der Waals surface area (Å²) in [7, 11) is 1.54. The second kappa shape index (κ2) is 6.24. The molecule has 1 atom stereocenters. The molecule has 0 aromatic carbocycles. The Morgan fingerprint density at radius 3 is 2.84 bits per heavy atom. The van der Waals surface area contributed by atoms with E-state index in [1.165, 1.54) is 7.11 Å². The van der Waals surface area contributed by atoms with E-state index in [4.69, 9.17) is 9.26 Å². The topological polar surface area (TPSA) is 86.0 Å². The minimum Gasteiger partial charge on any atom is -0.480 e. The predicted molar refractivity (Wildman–Crippen MR) is 68.6 cm³/mol. The first-order chi connectivity index (χ1) is 9.24. The van der Waals surface area contributed by atoms with Crippen LogP contribution >= 0.6 is 0 Å². The van der Waals surface area contributed by atoms with Crippen LogP contribution in [0.2, 0.25) is 0 Å². The zero-order chi connectivity index (χ0) is 13.7. The summed E-state index contributed by atoms with van der Waals surface area (Å²) in [6, 6.07) is 3.47. The quantitative estimate of drug-likeness (QED) is 0.846. The number of methoxy groups -OCH3 is 1. The molecule has 1 N–H and O–H groups in total. The van der Waals surface area contributed by atoms with Crippen LogP contribution in [0.3, 0.4) is 0 Å². The highest BCUT2D eigenvalue weighted by Crippen LogP contribution is 2.17. The van der Waals surface area contributed by atoms with E-state index < -0.39 is 0 Å². The molecular weight excluding hydrogens is 246 g/mol. The number of ether oxygens (including phenoxy) is 1. The van der Waals surface area contributed by atoms with Gasteiger partial charge in [-0.1, -0.05) is 12.1 Å². The molecule has 102 valence electrons. The van der Waals surface area contributed by atoms with Gasteiger partial charge in [-0.3, -0.25) is 0 Å². The molecule has 19 heavy (non-hydrogen) atoms. The lowest BCUT2D eigenvalue weighted by atomic mass is 10.3. The first-order valence-electron chi connectivity index (χ1n) is 6.19. The zero-order valence-electron chi connectivity index (χ0n) is 11.3. The van der Waals surface area contributed by atoms with E-state index in [1.807, 2.05) is 6.92 Å². The molecule has 7 heteroatoms. The van der Waals surface area contributed by atoms with E-state index in [-0.39, 0.29) is 6.04 Å². The Labute approximate surface area is 111 Å². The summed E-state index contributed by atoms with van der Waals surface area (Å²) in [5.41, 5.74) is 0.554. The standard InChI is InChI=1S/C12H17N5O2/c1-4-7-13-8(2)12-14-11(17-19-12)9-5-6-10(18-3)16-15-9/h5-6,8,13H,4,7H2,1-3H3. The molecule has 0 saturated carbocycles. The summed E-state index contributed by atoms with van der Waals surface area (Å²) in [6.07, 6.45) is 1.05. The molecule has 2 rings (SSSR count). The Balaban J connectivity index is 2.11. The fourth-order valence-corrected chi connectivity index (χ4v) is 1.51. The van der Waals surface area contributed by atoms with Gasteiger partial charge in [0.2, 0.25) is 17.6 Å². The van der Waals surface area contributed by atoms with E-state index >= 15 is 0 Å². The predicted octanol–water partition coefficient (Wildman–Crippen LogP) is 1.60. The molecule has 7 nitrogen and oxygen atoms in total. The zero-order valence-corrected chi connectivity index (χ0v) is 11.3. The Hall–Kier alpha value is -2.02. The first kappa shape index (κ1) is 13.4. The maximum atomic E-state index is 5.21. The summed E-state index contributed by atoms with van der Waals surface area (Å²) >= 11 is 0. The van der Waals surface area contributed by atoms with Crippen LogP contribution in [0.5, 0.6) is 5.88 Å². The van der Waals surface area contributed by atoms with Crippen molar-refractivity contribution in [2.24, 2.45) is 0 Å². The highest BCUT2D eigenvalue weighted by molar-refractivity contribution is 5.47. The number of aromatic nitrogens is 4. The monoisotopic (exact) mass is 263 g/mol. The third kappa shape index (κ3) is 3.25. The van der Waals surface area contributed by atoms with Gasteiger partial charge in [0.15, 0.2) is 0 Å². The van der Waals surface area contributed by atoms with E-state index in [1.54, 1.807) is 12.1 Å². The lowest BCUT2D eigenvalue weighted by Crippen LogP contribution is -2.19. The number of nitrogens with zero attached hydrogens (tertiary/aromatic N) is 4. The van der Waals surface area contributed by atoms with Gasteiger partial charge >= 0.3 is 0 Å². The Morgan fingerprint density at radius 1 is 1.37 bits per heavy atom. The van der Waals surface area contributed by atoms with Crippen molar-refractivity contribution < 1.29 is 9.26 Å². The van der Waals surface area contributed by atoms with Crippen molar-refractivity contribution in [1.29, 1.82) is 0 Å². The molecule has 2 aromatic heterocycles. The minimum absolute atomic E-state index is 0.0207. The molecule has 0 aliphatic carbocycles. The molecule has 2 aromatic rings. The fourth-order valence-electron chi connectivity index (χ4n) is 1.51. The highest BCUT2D eigenvalue weighted by atomic mass is 16.5. The van der Waals surface area contributed by atoms with Gasteiger partial charge in [-0.25, -0.2) is 0 Å². The smallest absolute Gasteiger partial charge is 0.243 e. The largest absolute Gasteiger partial charge is 0.480 e. The van der Waals surface area contributed by atoms with Crippen LogP contribution in [-0.2, 0) is 0 Å². The maximum Gasteiger partial charge on any atom is 0.243 e. The molecule has 0 saturated heterocycles. The molecule has 0 radical (unpaired) electrons. The van der Waals surface area contributed by atoms with E-state index in [0.29, 0.717) is 23.3 Å². The third-order valence-electron chi connectivity index (χ3n) is 2.59. The van der Waals surface area contributed by atoms with Gasteiger partial charge < -0.3 is 14.6 Å². The van der Waals surface area contributed by atoms with Crippen molar-refractivity contribution in [3.63, 3.8) is 0 Å². The highest BCUT2D eigenvalue weighted by Gasteiger charge is 2.15. The molecule has 0 aliphatic rings. The van der Waals surface area contributed by atoms with Gasteiger partial charge in [0.1, 0.15) is 5.69 Å². The lowest BCUT2D eigenvalue weighted by Gasteiger charge is -2.06. The van der Waals surface area contributed by atoms with E-state index in [2.05, 4.69) is 32.6 Å². The normalized spacial score (nSPS) is 12.4. The van der Waals surface area contributed by atoms with Gasteiger partial charge in [0, 0.05) is 6.07 Å². The van der Waals surface area contributed by atoms with Crippen molar-refractivity contribution in [2.45, 2.75) is 26.3 Å². The summed E-state index contributed by atoms with van der Waals surface area (Å²) < 4.78 is 10.2. The second-order valence-electron chi connectivity index (χ2n) is 4.09.